The number of benzene rings is 3. The number of aliphatic hydroxyl groups is 1. The Morgan fingerprint density at radius 1 is 0.900 bits per heavy atom. The van der Waals surface area contributed by atoms with Crippen molar-refractivity contribution >= 4 is 11.0 Å². The van der Waals surface area contributed by atoms with Crippen molar-refractivity contribution in [3.63, 3.8) is 0 Å². The lowest BCUT2D eigenvalue weighted by Gasteiger charge is -2.22. The molecule has 0 spiro atoms. The van der Waals surface area contributed by atoms with Gasteiger partial charge in [0.15, 0.2) is 0 Å². The van der Waals surface area contributed by atoms with Gasteiger partial charge >= 0.3 is 0 Å². The summed E-state index contributed by atoms with van der Waals surface area (Å²) >= 11 is 0. The summed E-state index contributed by atoms with van der Waals surface area (Å²) in [7, 11) is 0. The van der Waals surface area contributed by atoms with Crippen LogP contribution in [0.25, 0.3) is 11.0 Å². The first-order chi connectivity index (χ1) is 14.5. The van der Waals surface area contributed by atoms with E-state index in [2.05, 4.69) is 4.98 Å². The Labute approximate surface area is 173 Å². The zero-order valence-electron chi connectivity index (χ0n) is 16.5. The number of aryl methyl sites for hydroxylation is 1. The van der Waals surface area contributed by atoms with Crippen LogP contribution in [0.4, 0.5) is 8.78 Å². The quantitative estimate of drug-likeness (QED) is 0.478. The maximum atomic E-state index is 13.4. The minimum Gasteiger partial charge on any atom is -0.389 e. The largest absolute Gasteiger partial charge is 0.389 e. The Hall–Kier alpha value is -3.09. The van der Waals surface area contributed by atoms with E-state index in [1.807, 2.05) is 35.8 Å². The number of fused-ring (bicyclic) bond motifs is 1. The highest BCUT2D eigenvalue weighted by atomic mass is 19.1. The molecule has 6 heteroatoms. The van der Waals surface area contributed by atoms with Crippen LogP contribution in [0, 0.1) is 18.6 Å². The van der Waals surface area contributed by atoms with Gasteiger partial charge in [0.05, 0.1) is 30.3 Å². The van der Waals surface area contributed by atoms with E-state index in [0.717, 1.165) is 28.0 Å². The number of halogens is 2. The first kappa shape index (κ1) is 20.2. The Balaban J connectivity index is 1.52. The molecule has 4 aromatic rings. The Kier molecular flexibility index (Phi) is 5.88. The Morgan fingerprint density at radius 3 is 2.07 bits per heavy atom. The summed E-state index contributed by atoms with van der Waals surface area (Å²) < 4.78 is 34.7. The van der Waals surface area contributed by atoms with Crippen molar-refractivity contribution in [1.82, 2.24) is 9.55 Å². The van der Waals surface area contributed by atoms with Crippen molar-refractivity contribution in [3.8, 4) is 0 Å². The third-order valence-corrected chi connectivity index (χ3v) is 5.04. The molecule has 4 nitrogen and oxygen atoms in total. The molecule has 30 heavy (non-hydrogen) atoms. The molecule has 154 valence electrons. The van der Waals surface area contributed by atoms with Crippen LogP contribution in [0.5, 0.6) is 0 Å². The predicted molar refractivity (Wildman–Crippen MR) is 111 cm³/mol. The molecule has 0 saturated heterocycles. The van der Waals surface area contributed by atoms with Gasteiger partial charge in [0.25, 0.3) is 0 Å². The summed E-state index contributed by atoms with van der Waals surface area (Å²) in [6.07, 6.45) is -1.34. The van der Waals surface area contributed by atoms with Gasteiger partial charge in [-0.05, 0) is 54.4 Å². The highest BCUT2D eigenvalue weighted by Crippen LogP contribution is 2.27. The number of hydrogen-bond acceptors (Lipinski definition) is 3. The predicted octanol–water partition coefficient (Wildman–Crippen LogP) is 4.79. The molecular weight excluding hydrogens is 386 g/mol. The summed E-state index contributed by atoms with van der Waals surface area (Å²) in [6.45, 7) is 2.27. The highest BCUT2D eigenvalue weighted by molar-refractivity contribution is 5.75. The van der Waals surface area contributed by atoms with Crippen LogP contribution < -0.4 is 0 Å². The van der Waals surface area contributed by atoms with E-state index < -0.39 is 12.2 Å². The fourth-order valence-corrected chi connectivity index (χ4v) is 3.56. The monoisotopic (exact) mass is 408 g/mol. The van der Waals surface area contributed by atoms with Crippen molar-refractivity contribution in [2.24, 2.45) is 0 Å². The summed E-state index contributed by atoms with van der Waals surface area (Å²) in [6, 6.07) is 19.7. The molecule has 1 unspecified atom stereocenters. The second kappa shape index (κ2) is 8.73. The molecule has 1 atom stereocenters. The van der Waals surface area contributed by atoms with E-state index in [-0.39, 0.29) is 18.2 Å². The minimum absolute atomic E-state index is 0.0470. The lowest BCUT2D eigenvalue weighted by atomic mass is 10.0. The summed E-state index contributed by atoms with van der Waals surface area (Å²) in [5, 5.41) is 10.6. The van der Waals surface area contributed by atoms with Crippen LogP contribution in [-0.4, -0.2) is 27.4 Å². The van der Waals surface area contributed by atoms with E-state index in [4.69, 9.17) is 4.74 Å². The highest BCUT2D eigenvalue weighted by Gasteiger charge is 2.18. The maximum absolute atomic E-state index is 13.4. The zero-order valence-corrected chi connectivity index (χ0v) is 16.5. The average molecular weight is 408 g/mol. The fourth-order valence-electron chi connectivity index (χ4n) is 3.56. The van der Waals surface area contributed by atoms with E-state index in [9.17, 15) is 13.9 Å². The average Bonchev–Trinajstić information content (AvgIpc) is 3.06. The number of ether oxygens (including phenoxy) is 1. The molecule has 3 aromatic carbocycles. The summed E-state index contributed by atoms with van der Waals surface area (Å²) in [4.78, 5) is 4.51. The molecule has 0 aliphatic rings. The SMILES string of the molecule is Cc1nc2ccccc2n1CC(O)COC(c1ccc(F)cc1)c1ccc(F)cc1. The standard InChI is InChI=1S/C24H22F2N2O2/c1-16-27-22-4-2-3-5-23(22)28(16)14-21(29)15-30-24(17-6-10-19(25)11-7-17)18-8-12-20(26)13-9-18/h2-13,21,24,29H,14-15H2,1H3. The molecule has 0 aliphatic carbocycles. The van der Waals surface area contributed by atoms with Gasteiger partial charge in [0, 0.05) is 0 Å². The molecule has 4 rings (SSSR count). The van der Waals surface area contributed by atoms with Crippen LogP contribution >= 0.6 is 0 Å². The molecule has 1 aromatic heterocycles. The maximum Gasteiger partial charge on any atom is 0.123 e. The van der Waals surface area contributed by atoms with Gasteiger partial charge < -0.3 is 14.4 Å². The molecule has 0 amide bonds. The summed E-state index contributed by atoms with van der Waals surface area (Å²) in [5.74, 6) is 0.113. The number of nitrogens with zero attached hydrogens (tertiary/aromatic N) is 2. The van der Waals surface area contributed by atoms with Crippen molar-refractivity contribution in [2.45, 2.75) is 25.7 Å². The number of aromatic nitrogens is 2. The van der Waals surface area contributed by atoms with E-state index in [1.165, 1.54) is 24.3 Å². The van der Waals surface area contributed by atoms with Crippen LogP contribution in [-0.2, 0) is 11.3 Å². The van der Waals surface area contributed by atoms with Crippen molar-refractivity contribution < 1.29 is 18.6 Å². The smallest absolute Gasteiger partial charge is 0.123 e. The first-order valence-corrected chi connectivity index (χ1v) is 9.74. The second-order valence-electron chi connectivity index (χ2n) is 7.23. The van der Waals surface area contributed by atoms with E-state index >= 15 is 0 Å². The molecule has 0 fully saturated rings. The van der Waals surface area contributed by atoms with Gasteiger partial charge in [-0.1, -0.05) is 36.4 Å². The Bertz CT molecular complexity index is 1080. The third-order valence-electron chi connectivity index (χ3n) is 5.04. The van der Waals surface area contributed by atoms with Gasteiger partial charge in [0.2, 0.25) is 0 Å². The van der Waals surface area contributed by atoms with Crippen molar-refractivity contribution in [2.75, 3.05) is 6.61 Å². The van der Waals surface area contributed by atoms with Gasteiger partial charge in [-0.25, -0.2) is 13.8 Å². The summed E-state index contributed by atoms with van der Waals surface area (Å²) in [5.41, 5.74) is 3.26. The molecule has 1 heterocycles. The second-order valence-corrected chi connectivity index (χ2v) is 7.23. The molecule has 0 aliphatic heterocycles. The van der Waals surface area contributed by atoms with Crippen molar-refractivity contribution in [3.05, 3.63) is 101 Å². The molecular formula is C24H22F2N2O2. The number of aliphatic hydroxyl groups excluding tert-OH is 1. The minimum atomic E-state index is -0.787. The van der Waals surface area contributed by atoms with Crippen molar-refractivity contribution in [1.29, 1.82) is 0 Å². The number of rotatable bonds is 7. The van der Waals surface area contributed by atoms with E-state index in [1.54, 1.807) is 24.3 Å². The van der Waals surface area contributed by atoms with Gasteiger partial charge in [-0.2, -0.15) is 0 Å². The Morgan fingerprint density at radius 2 is 1.47 bits per heavy atom. The lowest BCUT2D eigenvalue weighted by molar-refractivity contribution is -0.000393. The van der Waals surface area contributed by atoms with Gasteiger partial charge in [0.1, 0.15) is 23.6 Å². The van der Waals surface area contributed by atoms with Gasteiger partial charge in [-0.3, -0.25) is 0 Å². The molecule has 0 radical (unpaired) electrons. The van der Waals surface area contributed by atoms with Crippen LogP contribution in [0.3, 0.4) is 0 Å². The topological polar surface area (TPSA) is 47.3 Å². The van der Waals surface area contributed by atoms with Crippen LogP contribution in [0.2, 0.25) is 0 Å². The number of hydrogen-bond donors (Lipinski definition) is 1. The lowest BCUT2D eigenvalue weighted by Crippen LogP contribution is -2.24. The normalized spacial score (nSPS) is 12.6. The molecule has 0 saturated carbocycles. The third kappa shape index (κ3) is 4.40. The fraction of sp³-hybridized carbons (Fsp3) is 0.208. The zero-order chi connectivity index (χ0) is 21.1. The molecule has 1 N–H and O–H groups in total. The van der Waals surface area contributed by atoms with Crippen LogP contribution in [0.1, 0.15) is 23.1 Å². The first-order valence-electron chi connectivity index (χ1n) is 9.74. The number of imidazole rings is 1. The van der Waals surface area contributed by atoms with E-state index in [0.29, 0.717) is 6.54 Å². The van der Waals surface area contributed by atoms with Gasteiger partial charge in [-0.15, -0.1) is 0 Å². The molecule has 0 bridgehead atoms. The number of para-hydroxylation sites is 2. The van der Waals surface area contributed by atoms with Crippen LogP contribution in [0.15, 0.2) is 72.8 Å².